The van der Waals surface area contributed by atoms with E-state index in [1.54, 1.807) is 6.07 Å². The zero-order valence-electron chi connectivity index (χ0n) is 13.2. The third kappa shape index (κ3) is 3.02. The quantitative estimate of drug-likeness (QED) is 0.889. The van der Waals surface area contributed by atoms with Crippen molar-refractivity contribution in [2.75, 3.05) is 19.6 Å². The predicted octanol–water partition coefficient (Wildman–Crippen LogP) is 3.39. The Bertz CT molecular complexity index is 669. The van der Waals surface area contributed by atoms with Crippen LogP contribution >= 0.6 is 0 Å². The Labute approximate surface area is 131 Å². The molecule has 1 aliphatic heterocycles. The number of carbonyl (C=O) groups is 1. The largest absolute Gasteiger partial charge is 0.478 e. The number of carboxylic acid groups (broad SMARTS) is 1. The van der Waals surface area contributed by atoms with Crippen LogP contribution in [-0.4, -0.2) is 40.2 Å². The third-order valence-corrected chi connectivity index (χ3v) is 4.57. The summed E-state index contributed by atoms with van der Waals surface area (Å²) in [7, 11) is 0. The minimum absolute atomic E-state index is 0.369. The summed E-state index contributed by atoms with van der Waals surface area (Å²) in [6.45, 7) is 6.62. The van der Waals surface area contributed by atoms with E-state index >= 15 is 0 Å². The van der Waals surface area contributed by atoms with Crippen molar-refractivity contribution in [3.8, 4) is 0 Å². The van der Waals surface area contributed by atoms with Crippen LogP contribution in [0, 0.1) is 0 Å². The summed E-state index contributed by atoms with van der Waals surface area (Å²) in [6.07, 6.45) is 6.95. The van der Waals surface area contributed by atoms with Crippen molar-refractivity contribution in [1.29, 1.82) is 0 Å². The first-order chi connectivity index (χ1) is 10.7. The van der Waals surface area contributed by atoms with Crippen molar-refractivity contribution in [1.82, 2.24) is 9.47 Å². The number of fused-ring (bicyclic) bond motifs is 1. The van der Waals surface area contributed by atoms with Crippen LogP contribution in [0.15, 0.2) is 24.4 Å². The van der Waals surface area contributed by atoms with Crippen molar-refractivity contribution in [2.24, 2.45) is 0 Å². The molecule has 4 heteroatoms. The Morgan fingerprint density at radius 3 is 2.68 bits per heavy atom. The van der Waals surface area contributed by atoms with Crippen LogP contribution in [0.4, 0.5) is 0 Å². The van der Waals surface area contributed by atoms with Crippen molar-refractivity contribution in [3.05, 3.63) is 35.5 Å². The van der Waals surface area contributed by atoms with Crippen molar-refractivity contribution < 1.29 is 9.90 Å². The zero-order chi connectivity index (χ0) is 15.5. The Morgan fingerprint density at radius 2 is 2.00 bits per heavy atom. The van der Waals surface area contributed by atoms with E-state index in [0.29, 0.717) is 5.56 Å². The molecule has 0 amide bonds. The number of aryl methyl sites for hydroxylation is 1. The van der Waals surface area contributed by atoms with Crippen LogP contribution in [0.1, 0.15) is 42.1 Å². The minimum atomic E-state index is -0.857. The number of likely N-dealkylation sites (tertiary alicyclic amines) is 1. The zero-order valence-corrected chi connectivity index (χ0v) is 13.2. The lowest BCUT2D eigenvalue weighted by Crippen LogP contribution is -2.21. The average Bonchev–Trinajstić information content (AvgIpc) is 3.13. The molecule has 1 fully saturated rings. The van der Waals surface area contributed by atoms with Crippen molar-refractivity contribution in [3.63, 3.8) is 0 Å². The van der Waals surface area contributed by atoms with E-state index < -0.39 is 5.97 Å². The van der Waals surface area contributed by atoms with Gasteiger partial charge in [0.1, 0.15) is 0 Å². The van der Waals surface area contributed by atoms with E-state index in [1.807, 2.05) is 12.1 Å². The molecule has 2 aromatic rings. The van der Waals surface area contributed by atoms with E-state index in [9.17, 15) is 9.90 Å². The summed E-state index contributed by atoms with van der Waals surface area (Å²) in [5.41, 5.74) is 2.76. The molecule has 1 N–H and O–H groups in total. The maximum absolute atomic E-state index is 11.2. The van der Waals surface area contributed by atoms with E-state index in [0.717, 1.165) is 31.4 Å². The lowest BCUT2D eigenvalue weighted by molar-refractivity contribution is 0.0697. The van der Waals surface area contributed by atoms with E-state index in [1.165, 1.54) is 36.9 Å². The van der Waals surface area contributed by atoms with Gasteiger partial charge in [0.15, 0.2) is 0 Å². The van der Waals surface area contributed by atoms with Gasteiger partial charge in [0.05, 0.1) is 5.56 Å². The molecule has 0 aliphatic carbocycles. The first-order valence-electron chi connectivity index (χ1n) is 8.26. The number of hydrogen-bond acceptors (Lipinski definition) is 2. The van der Waals surface area contributed by atoms with Crippen LogP contribution in [-0.2, 0) is 13.0 Å². The van der Waals surface area contributed by atoms with Gasteiger partial charge in [-0.05, 0) is 56.5 Å². The number of aromatic nitrogens is 1. The number of hydrogen-bond donors (Lipinski definition) is 1. The van der Waals surface area contributed by atoms with Crippen molar-refractivity contribution in [2.45, 2.75) is 39.2 Å². The first-order valence-corrected chi connectivity index (χ1v) is 8.26. The highest BCUT2D eigenvalue weighted by atomic mass is 16.4. The fourth-order valence-electron chi connectivity index (χ4n) is 3.41. The highest BCUT2D eigenvalue weighted by Crippen LogP contribution is 2.24. The Kier molecular flexibility index (Phi) is 4.48. The van der Waals surface area contributed by atoms with Crippen molar-refractivity contribution >= 4 is 16.9 Å². The normalized spacial score (nSPS) is 15.7. The molecular weight excluding hydrogens is 276 g/mol. The fourth-order valence-corrected chi connectivity index (χ4v) is 3.41. The van der Waals surface area contributed by atoms with Gasteiger partial charge in [-0.2, -0.15) is 0 Å². The summed E-state index contributed by atoms with van der Waals surface area (Å²) in [4.78, 5) is 13.7. The number of aromatic carboxylic acids is 1. The molecule has 0 spiro atoms. The van der Waals surface area contributed by atoms with Gasteiger partial charge in [-0.25, -0.2) is 4.79 Å². The molecule has 0 unspecified atom stereocenters. The predicted molar refractivity (Wildman–Crippen MR) is 88.6 cm³/mol. The molecule has 118 valence electrons. The van der Waals surface area contributed by atoms with Gasteiger partial charge in [0, 0.05) is 30.2 Å². The van der Waals surface area contributed by atoms with Crippen LogP contribution in [0.2, 0.25) is 0 Å². The van der Waals surface area contributed by atoms with Crippen LogP contribution in [0.25, 0.3) is 10.9 Å². The maximum atomic E-state index is 11.2. The molecule has 1 saturated heterocycles. The molecule has 0 bridgehead atoms. The summed E-state index contributed by atoms with van der Waals surface area (Å²) < 4.78 is 2.21. The summed E-state index contributed by atoms with van der Waals surface area (Å²) in [5, 5.41) is 10.4. The molecule has 22 heavy (non-hydrogen) atoms. The number of benzene rings is 1. The molecule has 2 heterocycles. The topological polar surface area (TPSA) is 45.5 Å². The molecule has 1 aromatic heterocycles. The highest BCUT2D eigenvalue weighted by molar-refractivity contribution is 5.94. The van der Waals surface area contributed by atoms with E-state index in [4.69, 9.17) is 0 Å². The summed E-state index contributed by atoms with van der Waals surface area (Å²) in [6, 6.07) is 5.51. The van der Waals surface area contributed by atoms with Gasteiger partial charge in [-0.3, -0.25) is 0 Å². The van der Waals surface area contributed by atoms with Gasteiger partial charge in [0.2, 0.25) is 0 Å². The number of nitrogens with zero attached hydrogens (tertiary/aromatic N) is 2. The second kappa shape index (κ2) is 6.53. The molecular formula is C18H24N2O2. The third-order valence-electron chi connectivity index (χ3n) is 4.57. The lowest BCUT2D eigenvalue weighted by Gasteiger charge is -2.13. The highest BCUT2D eigenvalue weighted by Gasteiger charge is 2.15. The van der Waals surface area contributed by atoms with E-state index in [2.05, 4.69) is 22.6 Å². The van der Waals surface area contributed by atoms with Gasteiger partial charge in [-0.1, -0.05) is 13.0 Å². The van der Waals surface area contributed by atoms with Gasteiger partial charge < -0.3 is 14.6 Å². The van der Waals surface area contributed by atoms with Crippen LogP contribution in [0.3, 0.4) is 0 Å². The Morgan fingerprint density at radius 1 is 1.23 bits per heavy atom. The SMILES string of the molecule is CCCn1cc(CCN2CCCC2)c2ccc(C(=O)O)cc21. The maximum Gasteiger partial charge on any atom is 0.335 e. The van der Waals surface area contributed by atoms with Crippen LogP contribution in [0.5, 0.6) is 0 Å². The minimum Gasteiger partial charge on any atom is -0.478 e. The molecule has 3 rings (SSSR count). The lowest BCUT2D eigenvalue weighted by atomic mass is 10.1. The molecule has 1 aliphatic rings. The molecule has 0 radical (unpaired) electrons. The second-order valence-electron chi connectivity index (χ2n) is 6.18. The molecule has 1 aromatic carbocycles. The standard InChI is InChI=1S/C18H24N2O2/c1-2-8-20-13-15(7-11-19-9-3-4-10-19)16-6-5-14(18(21)22)12-17(16)20/h5-6,12-13H,2-4,7-11H2,1H3,(H,21,22). The second-order valence-corrected chi connectivity index (χ2v) is 6.18. The Balaban J connectivity index is 1.90. The smallest absolute Gasteiger partial charge is 0.335 e. The molecule has 0 atom stereocenters. The molecule has 0 saturated carbocycles. The summed E-state index contributed by atoms with van der Waals surface area (Å²) in [5.74, 6) is -0.857. The Hall–Kier alpha value is -1.81. The summed E-state index contributed by atoms with van der Waals surface area (Å²) >= 11 is 0. The van der Waals surface area contributed by atoms with Gasteiger partial charge in [-0.15, -0.1) is 0 Å². The number of rotatable bonds is 6. The van der Waals surface area contributed by atoms with Gasteiger partial charge >= 0.3 is 5.97 Å². The molecule has 4 nitrogen and oxygen atoms in total. The van der Waals surface area contributed by atoms with E-state index in [-0.39, 0.29) is 0 Å². The fraction of sp³-hybridized carbons (Fsp3) is 0.500. The van der Waals surface area contributed by atoms with Crippen LogP contribution < -0.4 is 0 Å². The number of carboxylic acids is 1. The first kappa shape index (κ1) is 15.1. The average molecular weight is 300 g/mol. The monoisotopic (exact) mass is 300 g/mol. The van der Waals surface area contributed by atoms with Gasteiger partial charge in [0.25, 0.3) is 0 Å².